The average Bonchev–Trinajstić information content (AvgIpc) is 2.77. The first-order chi connectivity index (χ1) is 16.4. The highest BCUT2D eigenvalue weighted by Crippen LogP contribution is 2.10. The quantitative estimate of drug-likeness (QED) is 0.309. The predicted molar refractivity (Wildman–Crippen MR) is 130 cm³/mol. The molecular formula is C23H33N3O8S. The summed E-state index contributed by atoms with van der Waals surface area (Å²) >= 11 is 0.679. The van der Waals surface area contributed by atoms with Crippen LogP contribution < -0.4 is 16.0 Å². The van der Waals surface area contributed by atoms with Gasteiger partial charge in [-0.15, -0.1) is 0 Å². The van der Waals surface area contributed by atoms with Crippen molar-refractivity contribution in [1.29, 1.82) is 0 Å². The molecular weight excluding hydrogens is 478 g/mol. The smallest absolute Gasteiger partial charge is 0.408 e. The standard InChI is InChI=1S/C23H33N3O8S/c1-15(25-22(32)33-13-16-9-6-5-7-10-16)20(30)35-14-17(19(28)29)26-18(27)11-8-12-24-21(31)34-23(2,3)4/h5-7,9-10,15,17H,8,11-14H2,1-4H3,(H,24,31)(H,25,32)(H,26,27)(H,28,29)/t15-,17-/m0/s1. The molecule has 4 N–H and O–H groups in total. The van der Waals surface area contributed by atoms with E-state index in [1.54, 1.807) is 45.0 Å². The van der Waals surface area contributed by atoms with Crippen LogP contribution in [0.5, 0.6) is 0 Å². The molecule has 1 rings (SSSR count). The zero-order valence-corrected chi connectivity index (χ0v) is 21.1. The topological polar surface area (TPSA) is 160 Å². The maximum atomic E-state index is 12.3. The number of carboxylic acid groups (broad SMARTS) is 1. The zero-order chi connectivity index (χ0) is 26.4. The van der Waals surface area contributed by atoms with Gasteiger partial charge in [0.15, 0.2) is 0 Å². The van der Waals surface area contributed by atoms with E-state index in [2.05, 4.69) is 16.0 Å². The third kappa shape index (κ3) is 13.9. The van der Waals surface area contributed by atoms with Crippen LogP contribution in [0.4, 0.5) is 9.59 Å². The van der Waals surface area contributed by atoms with Gasteiger partial charge in [0.2, 0.25) is 11.0 Å². The Morgan fingerprint density at radius 1 is 1.03 bits per heavy atom. The number of alkyl carbamates (subject to hydrolysis) is 2. The van der Waals surface area contributed by atoms with Crippen molar-refractivity contribution in [2.75, 3.05) is 12.3 Å². The highest BCUT2D eigenvalue weighted by atomic mass is 32.2. The van der Waals surface area contributed by atoms with E-state index in [-0.39, 0.29) is 31.7 Å². The number of thioether (sulfide) groups is 1. The van der Waals surface area contributed by atoms with E-state index < -0.39 is 46.9 Å². The van der Waals surface area contributed by atoms with Crippen molar-refractivity contribution in [2.45, 2.75) is 64.8 Å². The summed E-state index contributed by atoms with van der Waals surface area (Å²) in [6.45, 7) is 6.85. The lowest BCUT2D eigenvalue weighted by Crippen LogP contribution is -2.44. The van der Waals surface area contributed by atoms with E-state index in [4.69, 9.17) is 9.47 Å². The minimum absolute atomic E-state index is 0.0244. The molecule has 3 amide bonds. The Bertz CT molecular complexity index is 873. The second kappa shape index (κ2) is 14.9. The Kier molecular flexibility index (Phi) is 12.6. The number of hydrogen-bond donors (Lipinski definition) is 4. The summed E-state index contributed by atoms with van der Waals surface area (Å²) < 4.78 is 10.1. The van der Waals surface area contributed by atoms with Crippen molar-refractivity contribution >= 4 is 40.9 Å². The Hall–Kier alpha value is -3.28. The molecule has 0 aliphatic rings. The van der Waals surface area contributed by atoms with E-state index in [1.807, 2.05) is 6.07 Å². The van der Waals surface area contributed by atoms with Crippen molar-refractivity contribution in [2.24, 2.45) is 0 Å². The van der Waals surface area contributed by atoms with E-state index in [0.29, 0.717) is 11.8 Å². The Labute approximate surface area is 208 Å². The minimum Gasteiger partial charge on any atom is -0.480 e. The SMILES string of the molecule is C[C@H](NC(=O)OCc1ccccc1)C(=O)SC[C@H](NC(=O)CCCNC(=O)OC(C)(C)C)C(=O)O. The van der Waals surface area contributed by atoms with Gasteiger partial charge in [-0.1, -0.05) is 42.1 Å². The second-order valence-electron chi connectivity index (χ2n) is 8.55. The van der Waals surface area contributed by atoms with E-state index in [9.17, 15) is 29.1 Å². The number of benzene rings is 1. The van der Waals surface area contributed by atoms with Crippen molar-refractivity contribution in [3.63, 3.8) is 0 Å². The number of carbonyl (C=O) groups excluding carboxylic acids is 4. The third-order valence-corrected chi connectivity index (χ3v) is 5.31. The van der Waals surface area contributed by atoms with Gasteiger partial charge in [-0.2, -0.15) is 0 Å². The molecule has 194 valence electrons. The minimum atomic E-state index is -1.30. The van der Waals surface area contributed by atoms with Gasteiger partial charge in [-0.3, -0.25) is 9.59 Å². The van der Waals surface area contributed by atoms with Crippen LogP contribution in [0.1, 0.15) is 46.1 Å². The molecule has 12 heteroatoms. The maximum absolute atomic E-state index is 12.3. The summed E-state index contributed by atoms with van der Waals surface area (Å²) in [7, 11) is 0. The number of ether oxygens (including phenoxy) is 2. The summed E-state index contributed by atoms with van der Waals surface area (Å²) in [5.74, 6) is -2.05. The molecule has 0 fully saturated rings. The molecule has 2 atom stereocenters. The molecule has 35 heavy (non-hydrogen) atoms. The fourth-order valence-electron chi connectivity index (χ4n) is 2.49. The largest absolute Gasteiger partial charge is 0.480 e. The molecule has 0 saturated heterocycles. The van der Waals surface area contributed by atoms with Crippen LogP contribution in [-0.4, -0.2) is 64.3 Å². The third-order valence-electron chi connectivity index (χ3n) is 4.18. The molecule has 0 radical (unpaired) electrons. The van der Waals surface area contributed by atoms with E-state index >= 15 is 0 Å². The second-order valence-corrected chi connectivity index (χ2v) is 9.57. The van der Waals surface area contributed by atoms with Crippen LogP contribution >= 0.6 is 11.8 Å². The fourth-order valence-corrected chi connectivity index (χ4v) is 3.35. The van der Waals surface area contributed by atoms with Gasteiger partial charge in [0, 0.05) is 18.7 Å². The molecule has 0 aliphatic carbocycles. The van der Waals surface area contributed by atoms with E-state index in [0.717, 1.165) is 5.56 Å². The Morgan fingerprint density at radius 3 is 2.29 bits per heavy atom. The molecule has 1 aromatic rings. The van der Waals surface area contributed by atoms with Gasteiger partial charge in [0.25, 0.3) is 0 Å². The van der Waals surface area contributed by atoms with Crippen LogP contribution in [-0.2, 0) is 30.5 Å². The van der Waals surface area contributed by atoms with Crippen molar-refractivity contribution in [3.8, 4) is 0 Å². The molecule has 11 nitrogen and oxygen atoms in total. The highest BCUT2D eigenvalue weighted by Gasteiger charge is 2.24. The average molecular weight is 512 g/mol. The maximum Gasteiger partial charge on any atom is 0.408 e. The van der Waals surface area contributed by atoms with Gasteiger partial charge >= 0.3 is 18.2 Å². The number of hydrogen-bond acceptors (Lipinski definition) is 8. The molecule has 0 unspecified atom stereocenters. The lowest BCUT2D eigenvalue weighted by atomic mass is 10.2. The van der Waals surface area contributed by atoms with Crippen LogP contribution in [0.15, 0.2) is 30.3 Å². The molecule has 0 heterocycles. The summed E-state index contributed by atoms with van der Waals surface area (Å²) in [6, 6.07) is 6.79. The highest BCUT2D eigenvalue weighted by molar-refractivity contribution is 8.13. The lowest BCUT2D eigenvalue weighted by molar-refractivity contribution is -0.141. The Morgan fingerprint density at radius 2 is 1.69 bits per heavy atom. The summed E-state index contributed by atoms with van der Waals surface area (Å²) in [4.78, 5) is 59.2. The number of aliphatic carboxylic acids is 1. The molecule has 0 aromatic heterocycles. The number of amides is 3. The van der Waals surface area contributed by atoms with Gasteiger partial charge in [-0.25, -0.2) is 14.4 Å². The van der Waals surface area contributed by atoms with Gasteiger partial charge < -0.3 is 30.5 Å². The summed E-state index contributed by atoms with van der Waals surface area (Å²) in [5.41, 5.74) is 0.150. The first kappa shape index (κ1) is 29.8. The fraction of sp³-hybridized carbons (Fsp3) is 0.522. The molecule has 0 bridgehead atoms. The van der Waals surface area contributed by atoms with Crippen LogP contribution in [0.2, 0.25) is 0 Å². The molecule has 0 aliphatic heterocycles. The first-order valence-electron chi connectivity index (χ1n) is 11.0. The van der Waals surface area contributed by atoms with Crippen LogP contribution in [0.3, 0.4) is 0 Å². The molecule has 1 aromatic carbocycles. The number of rotatable bonds is 12. The number of carbonyl (C=O) groups is 5. The normalized spacial score (nSPS) is 12.6. The first-order valence-corrected chi connectivity index (χ1v) is 12.0. The van der Waals surface area contributed by atoms with Crippen LogP contribution in [0.25, 0.3) is 0 Å². The van der Waals surface area contributed by atoms with Gasteiger partial charge in [0.1, 0.15) is 18.2 Å². The van der Waals surface area contributed by atoms with E-state index in [1.165, 1.54) is 6.92 Å². The van der Waals surface area contributed by atoms with Crippen molar-refractivity contribution < 1.29 is 38.6 Å². The summed E-state index contributed by atoms with van der Waals surface area (Å²) in [5, 5.41) is 16.1. The lowest BCUT2D eigenvalue weighted by Gasteiger charge is -2.19. The monoisotopic (exact) mass is 511 g/mol. The van der Waals surface area contributed by atoms with Crippen molar-refractivity contribution in [3.05, 3.63) is 35.9 Å². The zero-order valence-electron chi connectivity index (χ0n) is 20.3. The number of carboxylic acids is 1. The molecule has 0 saturated carbocycles. The van der Waals surface area contributed by atoms with Gasteiger partial charge in [-0.05, 0) is 39.7 Å². The predicted octanol–water partition coefficient (Wildman–Crippen LogP) is 2.44. The van der Waals surface area contributed by atoms with Gasteiger partial charge in [0.05, 0.1) is 6.04 Å². The number of nitrogens with one attached hydrogen (secondary N) is 3. The van der Waals surface area contributed by atoms with Crippen LogP contribution in [0, 0.1) is 0 Å². The van der Waals surface area contributed by atoms with Crippen molar-refractivity contribution in [1.82, 2.24) is 16.0 Å². The molecule has 0 spiro atoms. The summed E-state index contributed by atoms with van der Waals surface area (Å²) in [6.07, 6.45) is -1.14. The Balaban J connectivity index is 2.34.